The van der Waals surface area contributed by atoms with Crippen molar-refractivity contribution in [2.45, 2.75) is 39.5 Å². The average molecular weight is 1090 g/mol. The molecule has 26 heteroatoms. The molecule has 3 amide bonds. The maximum absolute atomic E-state index is 13.6. The lowest BCUT2D eigenvalue weighted by molar-refractivity contribution is -0.180. The number of nitrogens with one attached hydrogen (secondary N) is 1. The predicted molar refractivity (Wildman–Crippen MR) is 263 cm³/mol. The van der Waals surface area contributed by atoms with E-state index in [2.05, 4.69) is 20.0 Å². The number of fused-ring (bicyclic) bond motifs is 1. The number of nitrogens with two attached hydrogens (primary N) is 1. The van der Waals surface area contributed by atoms with E-state index in [1.807, 2.05) is 13.8 Å². The van der Waals surface area contributed by atoms with Crippen LogP contribution in [0.1, 0.15) is 55.6 Å². The average Bonchev–Trinajstić information content (AvgIpc) is 3.56. The summed E-state index contributed by atoms with van der Waals surface area (Å²) in [5, 5.41) is 4.23. The van der Waals surface area contributed by atoms with E-state index in [-0.39, 0.29) is 81.4 Å². The molecule has 426 valence electrons. The van der Waals surface area contributed by atoms with Crippen LogP contribution in [-0.4, -0.2) is 209 Å². The van der Waals surface area contributed by atoms with Gasteiger partial charge in [0.05, 0.1) is 162 Å². The number of hydrogen-bond acceptors (Lipinski definition) is 19. The topological polar surface area (TPSA) is 249 Å². The maximum Gasteiger partial charge on any atom is 0.313 e. The Morgan fingerprint density at radius 3 is 1.59 bits per heavy atom. The minimum atomic E-state index is -1.80. The number of hydroxylamine groups is 2. The fraction of sp³-hybridized carbons (Fsp3) is 0.640. The fourth-order valence-corrected chi connectivity index (χ4v) is 6.87. The molecule has 22 nitrogen and oxygen atoms in total. The van der Waals surface area contributed by atoms with Crippen LogP contribution >= 0.6 is 0 Å². The van der Waals surface area contributed by atoms with Gasteiger partial charge < -0.3 is 68.1 Å². The van der Waals surface area contributed by atoms with Crippen LogP contribution < -0.4 is 15.8 Å². The van der Waals surface area contributed by atoms with E-state index in [1.165, 1.54) is 11.3 Å². The first-order valence-corrected chi connectivity index (χ1v) is 25.3. The highest BCUT2D eigenvalue weighted by Gasteiger charge is 2.32. The molecular weight excluding hydrogens is 1020 g/mol. The van der Waals surface area contributed by atoms with Crippen molar-refractivity contribution < 1.29 is 93.7 Å². The zero-order valence-corrected chi connectivity index (χ0v) is 43.3. The number of amidine groups is 1. The number of carbonyl (C=O) groups excluding carboxylic acids is 4. The molecule has 1 aromatic heterocycles. The molecule has 2 aliphatic heterocycles. The van der Waals surface area contributed by atoms with Gasteiger partial charge in [-0.3, -0.25) is 29.0 Å². The van der Waals surface area contributed by atoms with Crippen LogP contribution in [0.25, 0.3) is 6.08 Å². The summed E-state index contributed by atoms with van der Waals surface area (Å²) in [7, 11) is 0. The highest BCUT2D eigenvalue weighted by Crippen LogP contribution is 2.29. The van der Waals surface area contributed by atoms with Gasteiger partial charge >= 0.3 is 5.97 Å². The monoisotopic (exact) mass is 1090 g/mol. The summed E-state index contributed by atoms with van der Waals surface area (Å²) < 4.78 is 112. The van der Waals surface area contributed by atoms with Crippen LogP contribution in [0.4, 0.5) is 23.2 Å². The van der Waals surface area contributed by atoms with Crippen molar-refractivity contribution in [3.8, 4) is 5.75 Å². The lowest BCUT2D eigenvalue weighted by Crippen LogP contribution is -2.53. The number of aliphatic imine (C=N–C) groups is 1. The molecule has 3 N–H and O–H groups in total. The number of likely N-dealkylation sites (tertiary alicyclic amines) is 1. The smallest absolute Gasteiger partial charge is 0.313 e. The second-order valence-electron chi connectivity index (χ2n) is 16.7. The van der Waals surface area contributed by atoms with Crippen molar-refractivity contribution in [1.82, 2.24) is 20.3 Å². The Hall–Kier alpha value is -5.26. The van der Waals surface area contributed by atoms with Gasteiger partial charge in [0.2, 0.25) is 23.3 Å². The lowest BCUT2D eigenvalue weighted by Gasteiger charge is -2.39. The van der Waals surface area contributed by atoms with Crippen LogP contribution in [-0.2, 0) is 66.6 Å². The number of rotatable bonds is 42. The molecule has 0 saturated carbocycles. The summed E-state index contributed by atoms with van der Waals surface area (Å²) in [5.74, 6) is -9.84. The second kappa shape index (κ2) is 37.5. The quantitative estimate of drug-likeness (QED) is 0.0242. The van der Waals surface area contributed by atoms with Crippen LogP contribution in [0.3, 0.4) is 0 Å². The van der Waals surface area contributed by atoms with Crippen LogP contribution in [0.2, 0.25) is 0 Å². The Kier molecular flexibility index (Phi) is 31.2. The van der Waals surface area contributed by atoms with Crippen molar-refractivity contribution >= 4 is 41.3 Å². The molecule has 0 unspecified atom stereocenters. The van der Waals surface area contributed by atoms with Gasteiger partial charge in [0.1, 0.15) is 5.84 Å². The van der Waals surface area contributed by atoms with Crippen molar-refractivity contribution in [1.29, 1.82) is 0 Å². The van der Waals surface area contributed by atoms with E-state index < -0.39 is 41.4 Å². The van der Waals surface area contributed by atoms with Crippen LogP contribution in [0, 0.1) is 29.2 Å². The van der Waals surface area contributed by atoms with E-state index in [4.69, 9.17) is 57.9 Å². The van der Waals surface area contributed by atoms with Crippen LogP contribution in [0.5, 0.6) is 5.75 Å². The number of amides is 3. The molecule has 3 heterocycles. The van der Waals surface area contributed by atoms with Gasteiger partial charge in [0.15, 0.2) is 11.6 Å². The number of esters is 1. The SMILES string of the molecule is CCCN(OCC)C(=O)C1=Cc2ncc(C(=O)N3CC(CNC(=O)CCOCCOCCOCCOCCOCCOCCOCCOCCOCCOCCC(=O)Oc4c(F)c(F)cc(F)c4F)C3)cc2N=C(N)C1. The number of halogens is 4. The van der Waals surface area contributed by atoms with E-state index in [0.29, 0.717) is 154 Å². The summed E-state index contributed by atoms with van der Waals surface area (Å²) in [5.41, 5.74) is 7.75. The first-order chi connectivity index (χ1) is 36.9. The fourth-order valence-electron chi connectivity index (χ4n) is 6.87. The third-order valence-electron chi connectivity index (χ3n) is 10.7. The molecule has 1 aromatic carbocycles. The van der Waals surface area contributed by atoms with E-state index in [1.54, 1.807) is 17.0 Å². The minimum Gasteiger partial charge on any atom is -0.420 e. The van der Waals surface area contributed by atoms with Crippen molar-refractivity contribution in [2.24, 2.45) is 16.6 Å². The number of nitrogens with zero attached hydrogens (tertiary/aromatic N) is 4. The van der Waals surface area contributed by atoms with Gasteiger partial charge in [-0.05, 0) is 25.5 Å². The molecule has 0 atom stereocenters. The molecule has 0 aliphatic carbocycles. The Balaban J connectivity index is 0.834. The van der Waals surface area contributed by atoms with E-state index >= 15 is 0 Å². The molecule has 1 fully saturated rings. The Morgan fingerprint density at radius 1 is 0.671 bits per heavy atom. The van der Waals surface area contributed by atoms with Crippen molar-refractivity contribution in [3.05, 3.63) is 58.4 Å². The normalized spacial score (nSPS) is 13.4. The molecule has 4 rings (SSSR count). The van der Waals surface area contributed by atoms with E-state index in [0.717, 1.165) is 6.42 Å². The standard InChI is InChI=1S/C50H72F4N6O16/c1-3-7-60(75-4-2)50(64)37-28-41-42(58-43(55)30-37)29-38(33-56-41)49(63)59-34-36(35-59)32-57-44(61)5-8-65-10-12-67-14-16-69-18-20-71-22-24-73-26-27-74-25-23-72-21-19-70-17-15-68-13-11-66-9-6-45(62)76-48-46(53)39(51)31-40(52)47(48)54/h28-29,31,33,36H,3-27,30,32,34-35H2,1-2H3,(H2,55,58)(H,57,61). The number of hydrogen-bond donors (Lipinski definition) is 2. The van der Waals surface area contributed by atoms with E-state index in [9.17, 15) is 36.7 Å². The predicted octanol–water partition coefficient (Wildman–Crippen LogP) is 3.34. The molecule has 2 aromatic rings. The number of pyridine rings is 1. The highest BCUT2D eigenvalue weighted by atomic mass is 19.2. The summed E-state index contributed by atoms with van der Waals surface area (Å²) in [6.45, 7) is 12.4. The summed E-state index contributed by atoms with van der Waals surface area (Å²) in [6.07, 6.45) is 3.76. The second-order valence-corrected chi connectivity index (χ2v) is 16.7. The third-order valence-corrected chi connectivity index (χ3v) is 10.7. The lowest BCUT2D eigenvalue weighted by atomic mass is 9.99. The molecule has 0 spiro atoms. The van der Waals surface area contributed by atoms with Gasteiger partial charge in [0.25, 0.3) is 11.8 Å². The first kappa shape index (κ1) is 63.3. The number of benzene rings is 1. The molecule has 0 radical (unpaired) electrons. The summed E-state index contributed by atoms with van der Waals surface area (Å²) in [6, 6.07) is 1.64. The Bertz CT molecular complexity index is 2110. The van der Waals surface area contributed by atoms with Crippen molar-refractivity contribution in [2.75, 3.05) is 165 Å². The number of ether oxygens (including phenoxy) is 11. The minimum absolute atomic E-state index is 0.0127. The largest absolute Gasteiger partial charge is 0.420 e. The first-order valence-electron chi connectivity index (χ1n) is 25.3. The molecular formula is C50H72F4N6O16. The maximum atomic E-state index is 13.6. The number of aromatic nitrogens is 1. The Labute approximate surface area is 439 Å². The van der Waals surface area contributed by atoms with Gasteiger partial charge in [0, 0.05) is 62.8 Å². The molecule has 2 aliphatic rings. The highest BCUT2D eigenvalue weighted by molar-refractivity contribution is 6.05. The zero-order valence-electron chi connectivity index (χ0n) is 43.3. The van der Waals surface area contributed by atoms with Gasteiger partial charge in [-0.2, -0.15) is 8.78 Å². The molecule has 76 heavy (non-hydrogen) atoms. The van der Waals surface area contributed by atoms with Gasteiger partial charge in [-0.15, -0.1) is 0 Å². The zero-order chi connectivity index (χ0) is 54.8. The van der Waals surface area contributed by atoms with Gasteiger partial charge in [-0.1, -0.05) is 6.92 Å². The molecule has 0 bridgehead atoms. The summed E-state index contributed by atoms with van der Waals surface area (Å²) in [4.78, 5) is 66.5. The molecule has 1 saturated heterocycles. The number of carbonyl (C=O) groups is 4. The van der Waals surface area contributed by atoms with Crippen LogP contribution in [0.15, 0.2) is 28.9 Å². The van der Waals surface area contributed by atoms with Crippen molar-refractivity contribution in [3.63, 3.8) is 0 Å². The Morgan fingerprint density at radius 2 is 1.13 bits per heavy atom. The van der Waals surface area contributed by atoms with Gasteiger partial charge in [-0.25, -0.2) is 18.8 Å². The summed E-state index contributed by atoms with van der Waals surface area (Å²) >= 11 is 0. The third kappa shape index (κ3) is 24.4.